The summed E-state index contributed by atoms with van der Waals surface area (Å²) in [7, 11) is 0. The lowest BCUT2D eigenvalue weighted by Gasteiger charge is -2.10. The molecule has 3 rings (SSSR count). The second kappa shape index (κ2) is 7.07. The van der Waals surface area contributed by atoms with Crippen LogP contribution < -0.4 is 10.9 Å². The molecule has 0 aliphatic rings. The summed E-state index contributed by atoms with van der Waals surface area (Å²) in [6, 6.07) is 10.9. The SMILES string of the molecule is Cc1c(Cl)cccc1NC(=O)CCn1cnc2c(C)cccc2c1=O. The van der Waals surface area contributed by atoms with Crippen molar-refractivity contribution in [1.29, 1.82) is 0 Å². The molecular weight excluding hydrogens is 338 g/mol. The van der Waals surface area contributed by atoms with Gasteiger partial charge in [-0.2, -0.15) is 0 Å². The maximum atomic E-state index is 12.5. The number of hydrogen-bond acceptors (Lipinski definition) is 3. The zero-order valence-corrected chi connectivity index (χ0v) is 14.8. The lowest BCUT2D eigenvalue weighted by atomic mass is 10.1. The second-order valence-corrected chi connectivity index (χ2v) is 6.33. The molecule has 0 bridgehead atoms. The predicted octanol–water partition coefficient (Wildman–Crippen LogP) is 3.70. The van der Waals surface area contributed by atoms with Crippen molar-refractivity contribution in [1.82, 2.24) is 9.55 Å². The first-order chi connectivity index (χ1) is 12.0. The van der Waals surface area contributed by atoms with E-state index in [0.29, 0.717) is 21.6 Å². The van der Waals surface area contributed by atoms with Crippen LogP contribution in [0.2, 0.25) is 5.02 Å². The van der Waals surface area contributed by atoms with Crippen LogP contribution >= 0.6 is 11.6 Å². The molecule has 1 heterocycles. The number of benzene rings is 2. The Balaban J connectivity index is 1.74. The minimum Gasteiger partial charge on any atom is -0.326 e. The number of amides is 1. The van der Waals surface area contributed by atoms with Crippen molar-refractivity contribution in [3.63, 3.8) is 0 Å². The number of anilines is 1. The summed E-state index contributed by atoms with van der Waals surface area (Å²) < 4.78 is 1.46. The fraction of sp³-hybridized carbons (Fsp3) is 0.211. The van der Waals surface area contributed by atoms with Crippen LogP contribution in [0.25, 0.3) is 10.9 Å². The van der Waals surface area contributed by atoms with E-state index in [-0.39, 0.29) is 24.4 Å². The summed E-state index contributed by atoms with van der Waals surface area (Å²) in [5.41, 5.74) is 3.01. The number of nitrogens with one attached hydrogen (secondary N) is 1. The summed E-state index contributed by atoms with van der Waals surface area (Å²) >= 11 is 6.05. The minimum atomic E-state index is -0.179. The van der Waals surface area contributed by atoms with Gasteiger partial charge in [0.05, 0.1) is 17.2 Å². The van der Waals surface area contributed by atoms with Crippen molar-refractivity contribution in [2.45, 2.75) is 26.8 Å². The van der Waals surface area contributed by atoms with Gasteiger partial charge in [0.1, 0.15) is 0 Å². The first-order valence-corrected chi connectivity index (χ1v) is 8.35. The van der Waals surface area contributed by atoms with Crippen LogP contribution in [0.4, 0.5) is 5.69 Å². The molecule has 0 aliphatic carbocycles. The largest absolute Gasteiger partial charge is 0.326 e. The molecule has 0 radical (unpaired) electrons. The molecule has 0 unspecified atom stereocenters. The molecule has 0 saturated heterocycles. The van der Waals surface area contributed by atoms with Gasteiger partial charge < -0.3 is 5.32 Å². The quantitative estimate of drug-likeness (QED) is 0.776. The first kappa shape index (κ1) is 17.2. The van der Waals surface area contributed by atoms with E-state index in [0.717, 1.165) is 11.1 Å². The monoisotopic (exact) mass is 355 g/mol. The van der Waals surface area contributed by atoms with Crippen LogP contribution in [-0.4, -0.2) is 15.5 Å². The van der Waals surface area contributed by atoms with Crippen molar-refractivity contribution < 1.29 is 4.79 Å². The highest BCUT2D eigenvalue weighted by atomic mass is 35.5. The van der Waals surface area contributed by atoms with Crippen LogP contribution in [0.1, 0.15) is 17.5 Å². The fourth-order valence-corrected chi connectivity index (χ4v) is 2.85. The van der Waals surface area contributed by atoms with Crippen LogP contribution in [0.15, 0.2) is 47.5 Å². The van der Waals surface area contributed by atoms with Crippen LogP contribution in [-0.2, 0) is 11.3 Å². The van der Waals surface area contributed by atoms with Gasteiger partial charge in [-0.3, -0.25) is 14.2 Å². The van der Waals surface area contributed by atoms with Crippen LogP contribution in [0.5, 0.6) is 0 Å². The van der Waals surface area contributed by atoms with Gasteiger partial charge in [0.25, 0.3) is 5.56 Å². The maximum absolute atomic E-state index is 12.5. The molecule has 0 aliphatic heterocycles. The molecule has 2 aromatic carbocycles. The lowest BCUT2D eigenvalue weighted by molar-refractivity contribution is -0.116. The van der Waals surface area contributed by atoms with E-state index in [1.807, 2.05) is 26.0 Å². The minimum absolute atomic E-state index is 0.138. The average Bonchev–Trinajstić information content (AvgIpc) is 2.59. The van der Waals surface area contributed by atoms with Crippen molar-refractivity contribution in [3.8, 4) is 0 Å². The molecule has 1 amide bonds. The van der Waals surface area contributed by atoms with Crippen LogP contribution in [0, 0.1) is 13.8 Å². The number of fused-ring (bicyclic) bond motifs is 1. The molecule has 0 fully saturated rings. The highest BCUT2D eigenvalue weighted by Gasteiger charge is 2.09. The Bertz CT molecular complexity index is 1010. The van der Waals surface area contributed by atoms with E-state index in [1.54, 1.807) is 24.3 Å². The molecule has 25 heavy (non-hydrogen) atoms. The normalized spacial score (nSPS) is 10.8. The van der Waals surface area contributed by atoms with Gasteiger partial charge in [-0.1, -0.05) is 29.8 Å². The third-order valence-electron chi connectivity index (χ3n) is 4.18. The summed E-state index contributed by atoms with van der Waals surface area (Å²) in [6.07, 6.45) is 1.67. The molecular formula is C19H18ClN3O2. The number of rotatable bonds is 4. The number of para-hydroxylation sites is 1. The number of aromatic nitrogens is 2. The summed E-state index contributed by atoms with van der Waals surface area (Å²) in [6.45, 7) is 4.03. The van der Waals surface area contributed by atoms with Crippen molar-refractivity contribution in [3.05, 3.63) is 69.2 Å². The van der Waals surface area contributed by atoms with Crippen molar-refractivity contribution in [2.24, 2.45) is 0 Å². The van der Waals surface area contributed by atoms with Crippen molar-refractivity contribution >= 4 is 34.1 Å². The summed E-state index contributed by atoms with van der Waals surface area (Å²) in [4.78, 5) is 29.1. The molecule has 0 saturated carbocycles. The van der Waals surface area contributed by atoms with Crippen molar-refractivity contribution in [2.75, 3.05) is 5.32 Å². The lowest BCUT2D eigenvalue weighted by Crippen LogP contribution is -2.24. The summed E-state index contributed by atoms with van der Waals surface area (Å²) in [5, 5.41) is 3.99. The number of aryl methyl sites for hydroxylation is 2. The van der Waals surface area contributed by atoms with Gasteiger partial charge in [-0.05, 0) is 43.2 Å². The molecule has 5 nitrogen and oxygen atoms in total. The van der Waals surface area contributed by atoms with Gasteiger partial charge in [0.15, 0.2) is 0 Å². The average molecular weight is 356 g/mol. The van der Waals surface area contributed by atoms with Gasteiger partial charge in [0, 0.05) is 23.7 Å². The van der Waals surface area contributed by atoms with E-state index in [1.165, 1.54) is 10.9 Å². The smallest absolute Gasteiger partial charge is 0.261 e. The van der Waals surface area contributed by atoms with Gasteiger partial charge in [-0.15, -0.1) is 0 Å². The number of hydrogen-bond donors (Lipinski definition) is 1. The van der Waals surface area contributed by atoms with Crippen LogP contribution in [0.3, 0.4) is 0 Å². The van der Waals surface area contributed by atoms with E-state index in [2.05, 4.69) is 10.3 Å². The van der Waals surface area contributed by atoms with Gasteiger partial charge in [0.2, 0.25) is 5.91 Å². The Labute approximate surface area is 150 Å². The highest BCUT2D eigenvalue weighted by Crippen LogP contribution is 2.23. The topological polar surface area (TPSA) is 64.0 Å². The van der Waals surface area contributed by atoms with E-state index in [4.69, 9.17) is 11.6 Å². The highest BCUT2D eigenvalue weighted by molar-refractivity contribution is 6.31. The molecule has 3 aromatic rings. The Hall–Kier alpha value is -2.66. The Kier molecular flexibility index (Phi) is 4.86. The Morgan fingerprint density at radius 2 is 1.96 bits per heavy atom. The fourth-order valence-electron chi connectivity index (χ4n) is 2.67. The molecule has 128 valence electrons. The number of halogens is 1. The summed E-state index contributed by atoms with van der Waals surface area (Å²) in [5.74, 6) is -0.179. The zero-order valence-electron chi connectivity index (χ0n) is 14.0. The van der Waals surface area contributed by atoms with E-state index >= 15 is 0 Å². The zero-order chi connectivity index (χ0) is 18.0. The third-order valence-corrected chi connectivity index (χ3v) is 4.59. The molecule has 0 spiro atoms. The van der Waals surface area contributed by atoms with E-state index in [9.17, 15) is 9.59 Å². The van der Waals surface area contributed by atoms with E-state index < -0.39 is 0 Å². The van der Waals surface area contributed by atoms with Gasteiger partial charge in [-0.25, -0.2) is 4.98 Å². The number of nitrogens with zero attached hydrogens (tertiary/aromatic N) is 2. The first-order valence-electron chi connectivity index (χ1n) is 7.97. The maximum Gasteiger partial charge on any atom is 0.261 e. The standard InChI is InChI=1S/C19H18ClN3O2/c1-12-5-3-6-14-18(12)21-11-23(19(14)25)10-9-17(24)22-16-8-4-7-15(20)13(16)2/h3-8,11H,9-10H2,1-2H3,(H,22,24). The molecule has 1 N–H and O–H groups in total. The van der Waals surface area contributed by atoms with Gasteiger partial charge >= 0.3 is 0 Å². The number of carbonyl (C=O) groups excluding carboxylic acids is 1. The number of carbonyl (C=O) groups is 1. The predicted molar refractivity (Wildman–Crippen MR) is 100 cm³/mol. The Morgan fingerprint density at radius 3 is 2.76 bits per heavy atom. The molecule has 6 heteroatoms. The molecule has 0 atom stereocenters. The molecule has 1 aromatic heterocycles. The second-order valence-electron chi connectivity index (χ2n) is 5.92. The third kappa shape index (κ3) is 3.56. The Morgan fingerprint density at radius 1 is 1.20 bits per heavy atom.